The molecular formula is C29H55N3O8. The standard InChI is InChI=1S/C29H55N3O8/c1-8-9-10-11-12-13-14-15-16-19(4)25(35)20(5)26(36)31-23(18(2)3)27(37)32-24(21(6)34)28(38)30-22(17-33)29(39)40-7/h18-25,33-35H,8-17H2,1-7H3,(H,30,38)(H,31,36)(H,32,37). The summed E-state index contributed by atoms with van der Waals surface area (Å²) in [4.78, 5) is 50.4. The molecule has 7 unspecified atom stereocenters. The van der Waals surface area contributed by atoms with Gasteiger partial charge < -0.3 is 36.0 Å². The Labute approximate surface area is 240 Å². The number of aliphatic hydroxyl groups excluding tert-OH is 3. The van der Waals surface area contributed by atoms with Gasteiger partial charge in [0.1, 0.15) is 12.1 Å². The Hall–Kier alpha value is -2.24. The van der Waals surface area contributed by atoms with Gasteiger partial charge in [0.2, 0.25) is 17.7 Å². The smallest absolute Gasteiger partial charge is 0.330 e. The number of carbonyl (C=O) groups is 4. The fourth-order valence-electron chi connectivity index (χ4n) is 4.47. The number of methoxy groups -OCH3 is 1. The van der Waals surface area contributed by atoms with Crippen LogP contribution < -0.4 is 16.0 Å². The summed E-state index contributed by atoms with van der Waals surface area (Å²) in [5, 5.41) is 37.6. The summed E-state index contributed by atoms with van der Waals surface area (Å²) in [6, 6.07) is -3.88. The van der Waals surface area contributed by atoms with Crippen LogP contribution >= 0.6 is 0 Å². The Morgan fingerprint density at radius 1 is 0.725 bits per heavy atom. The van der Waals surface area contributed by atoms with Crippen LogP contribution in [0, 0.1) is 17.8 Å². The lowest BCUT2D eigenvalue weighted by molar-refractivity contribution is -0.147. The molecule has 11 nitrogen and oxygen atoms in total. The Morgan fingerprint density at radius 3 is 1.70 bits per heavy atom. The number of esters is 1. The van der Waals surface area contributed by atoms with E-state index in [2.05, 4.69) is 27.6 Å². The lowest BCUT2D eigenvalue weighted by atomic mass is 9.88. The highest BCUT2D eigenvalue weighted by Crippen LogP contribution is 2.21. The maximum absolute atomic E-state index is 13.1. The molecule has 0 saturated carbocycles. The average Bonchev–Trinajstić information content (AvgIpc) is 2.92. The molecule has 0 aromatic heterocycles. The minimum Gasteiger partial charge on any atom is -0.467 e. The van der Waals surface area contributed by atoms with Crippen molar-refractivity contribution in [3.8, 4) is 0 Å². The zero-order valence-electron chi connectivity index (χ0n) is 25.6. The molecule has 0 aromatic rings. The third-order valence-corrected chi connectivity index (χ3v) is 7.32. The lowest BCUT2D eigenvalue weighted by Gasteiger charge is -2.29. The Bertz CT molecular complexity index is 762. The van der Waals surface area contributed by atoms with Crippen molar-refractivity contribution in [2.24, 2.45) is 17.8 Å². The maximum atomic E-state index is 13.1. The number of hydrogen-bond donors (Lipinski definition) is 6. The third-order valence-electron chi connectivity index (χ3n) is 7.32. The molecule has 0 aromatic carbocycles. The molecule has 0 saturated heterocycles. The van der Waals surface area contributed by atoms with Crippen molar-refractivity contribution in [3.05, 3.63) is 0 Å². The van der Waals surface area contributed by atoms with E-state index in [1.165, 1.54) is 45.4 Å². The van der Waals surface area contributed by atoms with E-state index in [0.29, 0.717) is 0 Å². The zero-order chi connectivity index (χ0) is 30.8. The zero-order valence-corrected chi connectivity index (χ0v) is 25.6. The minimum atomic E-state index is -1.46. The van der Waals surface area contributed by atoms with Gasteiger partial charge in [-0.3, -0.25) is 14.4 Å². The van der Waals surface area contributed by atoms with E-state index in [0.717, 1.165) is 26.4 Å². The van der Waals surface area contributed by atoms with Crippen LogP contribution in [0.2, 0.25) is 0 Å². The molecule has 0 aliphatic heterocycles. The molecule has 234 valence electrons. The van der Waals surface area contributed by atoms with Crippen molar-refractivity contribution >= 4 is 23.7 Å². The quantitative estimate of drug-likeness (QED) is 0.0890. The van der Waals surface area contributed by atoms with Crippen molar-refractivity contribution < 1.29 is 39.2 Å². The Balaban J connectivity index is 5.05. The first-order valence-corrected chi connectivity index (χ1v) is 14.8. The molecule has 0 spiro atoms. The second-order valence-electron chi connectivity index (χ2n) is 11.2. The predicted octanol–water partition coefficient (Wildman–Crippen LogP) is 1.81. The predicted molar refractivity (Wildman–Crippen MR) is 153 cm³/mol. The molecule has 0 fully saturated rings. The molecule has 0 aliphatic carbocycles. The van der Waals surface area contributed by atoms with Gasteiger partial charge in [0.15, 0.2) is 6.04 Å². The highest BCUT2D eigenvalue weighted by atomic mass is 16.5. The molecule has 0 aliphatic rings. The van der Waals surface area contributed by atoms with Crippen LogP contribution in [0.5, 0.6) is 0 Å². The number of aliphatic hydroxyl groups is 3. The first-order chi connectivity index (χ1) is 18.8. The monoisotopic (exact) mass is 573 g/mol. The van der Waals surface area contributed by atoms with Crippen molar-refractivity contribution in [2.75, 3.05) is 13.7 Å². The van der Waals surface area contributed by atoms with Crippen LogP contribution in [0.25, 0.3) is 0 Å². The maximum Gasteiger partial charge on any atom is 0.330 e. The fourth-order valence-corrected chi connectivity index (χ4v) is 4.47. The molecule has 6 N–H and O–H groups in total. The van der Waals surface area contributed by atoms with Gasteiger partial charge in [-0.05, 0) is 25.2 Å². The summed E-state index contributed by atoms with van der Waals surface area (Å²) >= 11 is 0. The van der Waals surface area contributed by atoms with Crippen LogP contribution in [0.15, 0.2) is 0 Å². The molecule has 0 heterocycles. The summed E-state index contributed by atoms with van der Waals surface area (Å²) < 4.78 is 4.51. The van der Waals surface area contributed by atoms with E-state index < -0.39 is 66.5 Å². The lowest BCUT2D eigenvalue weighted by Crippen LogP contribution is -2.60. The topological polar surface area (TPSA) is 174 Å². The first kappa shape index (κ1) is 37.8. The van der Waals surface area contributed by atoms with Gasteiger partial charge in [0.05, 0.1) is 31.8 Å². The van der Waals surface area contributed by atoms with Crippen molar-refractivity contribution in [2.45, 2.75) is 130 Å². The molecule has 0 rings (SSSR count). The van der Waals surface area contributed by atoms with Gasteiger partial charge in [-0.15, -0.1) is 0 Å². The average molecular weight is 574 g/mol. The summed E-state index contributed by atoms with van der Waals surface area (Å²) in [7, 11) is 1.09. The van der Waals surface area contributed by atoms with E-state index >= 15 is 0 Å². The number of rotatable bonds is 21. The SMILES string of the molecule is CCCCCCCCCCC(C)C(O)C(C)C(=O)NC(C(=O)NC(C(=O)NC(CO)C(=O)OC)C(C)O)C(C)C. The highest BCUT2D eigenvalue weighted by molar-refractivity contribution is 5.94. The minimum absolute atomic E-state index is 0.0928. The van der Waals surface area contributed by atoms with Gasteiger partial charge in [0, 0.05) is 0 Å². The number of nitrogens with one attached hydrogen (secondary N) is 3. The van der Waals surface area contributed by atoms with Gasteiger partial charge in [-0.25, -0.2) is 4.79 Å². The molecule has 7 atom stereocenters. The largest absolute Gasteiger partial charge is 0.467 e. The first-order valence-electron chi connectivity index (χ1n) is 14.8. The second kappa shape index (κ2) is 20.6. The van der Waals surface area contributed by atoms with Crippen LogP contribution in [-0.4, -0.2) is 83.1 Å². The molecular weight excluding hydrogens is 518 g/mol. The van der Waals surface area contributed by atoms with E-state index in [1.54, 1.807) is 20.8 Å². The number of carbonyl (C=O) groups excluding carboxylic acids is 4. The summed E-state index contributed by atoms with van der Waals surface area (Å²) in [6.45, 7) is 9.72. The number of unbranched alkanes of at least 4 members (excludes halogenated alkanes) is 7. The number of amides is 3. The number of hydrogen-bond acceptors (Lipinski definition) is 8. The van der Waals surface area contributed by atoms with Crippen LogP contribution in [0.4, 0.5) is 0 Å². The van der Waals surface area contributed by atoms with Gasteiger partial charge in [-0.2, -0.15) is 0 Å². The van der Waals surface area contributed by atoms with E-state index in [-0.39, 0.29) is 11.8 Å². The van der Waals surface area contributed by atoms with Crippen LogP contribution in [-0.2, 0) is 23.9 Å². The fraction of sp³-hybridized carbons (Fsp3) is 0.862. The van der Waals surface area contributed by atoms with Crippen molar-refractivity contribution in [1.82, 2.24) is 16.0 Å². The van der Waals surface area contributed by atoms with Gasteiger partial charge in [0.25, 0.3) is 0 Å². The van der Waals surface area contributed by atoms with E-state index in [9.17, 15) is 34.5 Å². The summed E-state index contributed by atoms with van der Waals surface area (Å²) in [6.07, 6.45) is 8.08. The number of ether oxygens (including phenoxy) is 1. The summed E-state index contributed by atoms with van der Waals surface area (Å²) in [5.74, 6) is -4.22. The Kier molecular flexibility index (Phi) is 19.5. The highest BCUT2D eigenvalue weighted by Gasteiger charge is 2.35. The molecule has 0 radical (unpaired) electrons. The normalized spacial score (nSPS) is 16.7. The van der Waals surface area contributed by atoms with Gasteiger partial charge >= 0.3 is 5.97 Å². The van der Waals surface area contributed by atoms with Crippen LogP contribution in [0.1, 0.15) is 99.3 Å². The summed E-state index contributed by atoms with van der Waals surface area (Å²) in [5.41, 5.74) is 0. The van der Waals surface area contributed by atoms with Crippen molar-refractivity contribution in [3.63, 3.8) is 0 Å². The molecule has 3 amide bonds. The van der Waals surface area contributed by atoms with Gasteiger partial charge in [-0.1, -0.05) is 86.0 Å². The second-order valence-corrected chi connectivity index (χ2v) is 11.2. The van der Waals surface area contributed by atoms with E-state index in [4.69, 9.17) is 0 Å². The molecule has 0 bridgehead atoms. The Morgan fingerprint density at radius 2 is 1.23 bits per heavy atom. The molecule has 40 heavy (non-hydrogen) atoms. The molecule has 11 heteroatoms. The third kappa shape index (κ3) is 13.9. The van der Waals surface area contributed by atoms with Crippen LogP contribution in [0.3, 0.4) is 0 Å². The van der Waals surface area contributed by atoms with Crippen molar-refractivity contribution in [1.29, 1.82) is 0 Å². The van der Waals surface area contributed by atoms with E-state index in [1.807, 2.05) is 6.92 Å².